The van der Waals surface area contributed by atoms with E-state index in [4.69, 9.17) is 4.42 Å². The second kappa shape index (κ2) is 3.35. The number of hydrogen-bond donors (Lipinski definition) is 1. The Hall–Kier alpha value is -0.810. The van der Waals surface area contributed by atoms with E-state index in [1.165, 1.54) is 0 Å². The zero-order valence-corrected chi connectivity index (χ0v) is 9.67. The van der Waals surface area contributed by atoms with Gasteiger partial charge in [0.25, 0.3) is 0 Å². The third-order valence-electron chi connectivity index (χ3n) is 2.45. The molecule has 2 rings (SSSR count). The van der Waals surface area contributed by atoms with Gasteiger partial charge in [0.05, 0.1) is 23.8 Å². The first-order valence-electron chi connectivity index (χ1n) is 4.90. The minimum Gasteiger partial charge on any atom is -0.468 e. The number of furan rings is 1. The summed E-state index contributed by atoms with van der Waals surface area (Å²) in [5.41, 5.74) is -0.394. The number of sulfone groups is 1. The molecule has 1 N–H and O–H groups in total. The maximum atomic E-state index is 11.7. The van der Waals surface area contributed by atoms with Crippen LogP contribution in [0.2, 0.25) is 0 Å². The molecule has 1 fully saturated rings. The van der Waals surface area contributed by atoms with Crippen LogP contribution in [0.3, 0.4) is 0 Å². The molecule has 15 heavy (non-hydrogen) atoms. The first kappa shape index (κ1) is 10.7. The van der Waals surface area contributed by atoms with Crippen molar-refractivity contribution in [3.05, 3.63) is 24.2 Å². The second-order valence-electron chi connectivity index (χ2n) is 4.65. The van der Waals surface area contributed by atoms with Crippen LogP contribution >= 0.6 is 0 Å². The highest BCUT2D eigenvalue weighted by Gasteiger charge is 2.37. The van der Waals surface area contributed by atoms with E-state index in [2.05, 4.69) is 5.32 Å². The maximum absolute atomic E-state index is 11.7. The molecule has 5 heteroatoms. The first-order chi connectivity index (χ1) is 6.88. The third kappa shape index (κ3) is 2.41. The molecule has 1 aromatic rings. The van der Waals surface area contributed by atoms with Gasteiger partial charge >= 0.3 is 0 Å². The van der Waals surface area contributed by atoms with Gasteiger partial charge in [-0.15, -0.1) is 0 Å². The molecule has 1 aliphatic rings. The molecule has 0 amide bonds. The van der Waals surface area contributed by atoms with Crippen molar-refractivity contribution in [3.63, 3.8) is 0 Å². The summed E-state index contributed by atoms with van der Waals surface area (Å²) in [6.07, 6.45) is 1.56. The Morgan fingerprint density at radius 3 is 2.80 bits per heavy atom. The summed E-state index contributed by atoms with van der Waals surface area (Å²) in [5.74, 6) is 0.979. The SMILES string of the molecule is CC1(C)CS(=O)(=O)CC(c2ccco2)N1. The molecule has 0 bridgehead atoms. The molecule has 0 saturated carbocycles. The van der Waals surface area contributed by atoms with Gasteiger partial charge in [-0.1, -0.05) is 0 Å². The lowest BCUT2D eigenvalue weighted by Crippen LogP contribution is -2.53. The monoisotopic (exact) mass is 229 g/mol. The van der Waals surface area contributed by atoms with Crippen LogP contribution in [-0.2, 0) is 9.84 Å². The smallest absolute Gasteiger partial charge is 0.154 e. The zero-order chi connectivity index (χ0) is 11.1. The Morgan fingerprint density at radius 1 is 1.53 bits per heavy atom. The largest absolute Gasteiger partial charge is 0.468 e. The Balaban J connectivity index is 2.29. The molecule has 0 aliphatic carbocycles. The van der Waals surface area contributed by atoms with Gasteiger partial charge in [0.15, 0.2) is 9.84 Å². The van der Waals surface area contributed by atoms with Crippen molar-refractivity contribution >= 4 is 9.84 Å². The average Bonchev–Trinajstić information content (AvgIpc) is 2.48. The summed E-state index contributed by atoms with van der Waals surface area (Å²) in [6, 6.07) is 3.34. The molecule has 1 atom stereocenters. The van der Waals surface area contributed by atoms with E-state index in [1.807, 2.05) is 13.8 Å². The van der Waals surface area contributed by atoms with Crippen LogP contribution in [0.4, 0.5) is 0 Å². The Bertz CT molecular complexity index is 433. The lowest BCUT2D eigenvalue weighted by Gasteiger charge is -2.35. The molecular formula is C10H15NO3S. The molecule has 1 unspecified atom stereocenters. The van der Waals surface area contributed by atoms with E-state index in [-0.39, 0.29) is 17.5 Å². The van der Waals surface area contributed by atoms with Crippen LogP contribution in [0, 0.1) is 0 Å². The van der Waals surface area contributed by atoms with Gasteiger partial charge in [-0.05, 0) is 26.0 Å². The summed E-state index contributed by atoms with van der Waals surface area (Å²) in [5, 5.41) is 3.28. The van der Waals surface area contributed by atoms with E-state index in [9.17, 15) is 8.42 Å². The van der Waals surface area contributed by atoms with Crippen LogP contribution in [0.5, 0.6) is 0 Å². The second-order valence-corrected chi connectivity index (χ2v) is 6.76. The minimum atomic E-state index is -2.99. The quantitative estimate of drug-likeness (QED) is 0.784. The predicted molar refractivity (Wildman–Crippen MR) is 57.3 cm³/mol. The van der Waals surface area contributed by atoms with Crippen molar-refractivity contribution in [2.45, 2.75) is 25.4 Å². The van der Waals surface area contributed by atoms with E-state index in [1.54, 1.807) is 18.4 Å². The molecule has 0 spiro atoms. The summed E-state index contributed by atoms with van der Waals surface area (Å²) in [6.45, 7) is 3.78. The minimum absolute atomic E-state index is 0.115. The first-order valence-corrected chi connectivity index (χ1v) is 6.72. The van der Waals surface area contributed by atoms with Crippen LogP contribution < -0.4 is 5.32 Å². The molecule has 4 nitrogen and oxygen atoms in total. The average molecular weight is 229 g/mol. The lowest BCUT2D eigenvalue weighted by molar-refractivity contribution is 0.324. The van der Waals surface area contributed by atoms with Crippen LogP contribution in [0.15, 0.2) is 22.8 Å². The summed E-state index contributed by atoms with van der Waals surface area (Å²) in [4.78, 5) is 0. The molecular weight excluding hydrogens is 214 g/mol. The molecule has 1 saturated heterocycles. The predicted octanol–water partition coefficient (Wildman–Crippen LogP) is 1.12. The normalized spacial score (nSPS) is 28.8. The Kier molecular flexibility index (Phi) is 2.39. The highest BCUT2D eigenvalue weighted by molar-refractivity contribution is 7.91. The van der Waals surface area contributed by atoms with E-state index in [0.717, 1.165) is 0 Å². The fraction of sp³-hybridized carbons (Fsp3) is 0.600. The van der Waals surface area contributed by atoms with Crippen molar-refractivity contribution in [2.75, 3.05) is 11.5 Å². The van der Waals surface area contributed by atoms with Crippen molar-refractivity contribution in [2.24, 2.45) is 0 Å². The molecule has 1 aromatic heterocycles. The maximum Gasteiger partial charge on any atom is 0.154 e. The molecule has 0 radical (unpaired) electrons. The topological polar surface area (TPSA) is 59.3 Å². The van der Waals surface area contributed by atoms with E-state index >= 15 is 0 Å². The highest BCUT2D eigenvalue weighted by atomic mass is 32.2. The van der Waals surface area contributed by atoms with Crippen molar-refractivity contribution in [3.8, 4) is 0 Å². The highest BCUT2D eigenvalue weighted by Crippen LogP contribution is 2.25. The van der Waals surface area contributed by atoms with Gasteiger partial charge in [0, 0.05) is 5.54 Å². The number of rotatable bonds is 1. The molecule has 2 heterocycles. The van der Waals surface area contributed by atoms with E-state index < -0.39 is 15.4 Å². The van der Waals surface area contributed by atoms with Crippen molar-refractivity contribution < 1.29 is 12.8 Å². The van der Waals surface area contributed by atoms with Crippen LogP contribution in [-0.4, -0.2) is 25.5 Å². The van der Waals surface area contributed by atoms with Crippen molar-refractivity contribution in [1.82, 2.24) is 5.32 Å². The number of nitrogens with one attached hydrogen (secondary N) is 1. The fourth-order valence-corrected chi connectivity index (χ4v) is 4.12. The van der Waals surface area contributed by atoms with E-state index in [0.29, 0.717) is 5.76 Å². The zero-order valence-electron chi connectivity index (χ0n) is 8.86. The standard InChI is InChI=1S/C10H15NO3S/c1-10(2)7-15(12,13)6-8(11-10)9-4-3-5-14-9/h3-5,8,11H,6-7H2,1-2H3. The van der Waals surface area contributed by atoms with Gasteiger partial charge < -0.3 is 9.73 Å². The third-order valence-corrected chi connectivity index (χ3v) is 4.46. The summed E-state index contributed by atoms with van der Waals surface area (Å²) in [7, 11) is -2.99. The van der Waals surface area contributed by atoms with Crippen molar-refractivity contribution in [1.29, 1.82) is 0 Å². The van der Waals surface area contributed by atoms with Gasteiger partial charge in [-0.2, -0.15) is 0 Å². The molecule has 0 aromatic carbocycles. The Labute approximate surface area is 89.6 Å². The van der Waals surface area contributed by atoms with Gasteiger partial charge in [0.2, 0.25) is 0 Å². The summed E-state index contributed by atoms with van der Waals surface area (Å²) < 4.78 is 28.6. The molecule has 1 aliphatic heterocycles. The van der Waals surface area contributed by atoms with Crippen LogP contribution in [0.25, 0.3) is 0 Å². The van der Waals surface area contributed by atoms with Gasteiger partial charge in [-0.25, -0.2) is 8.42 Å². The molecule has 84 valence electrons. The fourth-order valence-electron chi connectivity index (χ4n) is 2.06. The van der Waals surface area contributed by atoms with Gasteiger partial charge in [0.1, 0.15) is 5.76 Å². The number of hydrogen-bond acceptors (Lipinski definition) is 4. The summed E-state index contributed by atoms with van der Waals surface area (Å²) >= 11 is 0. The lowest BCUT2D eigenvalue weighted by atomic mass is 10.1. The Morgan fingerprint density at radius 2 is 2.27 bits per heavy atom. The van der Waals surface area contributed by atoms with Gasteiger partial charge in [-0.3, -0.25) is 0 Å². The van der Waals surface area contributed by atoms with Crippen LogP contribution in [0.1, 0.15) is 25.6 Å².